The number of aliphatic hydroxyl groups excluding tert-OH is 1. The number of hydrogen-bond acceptors (Lipinski definition) is 5. The molecule has 0 saturated carbocycles. The van der Waals surface area contributed by atoms with Crippen LogP contribution in [0.2, 0.25) is 0 Å². The van der Waals surface area contributed by atoms with E-state index in [4.69, 9.17) is 5.11 Å². The van der Waals surface area contributed by atoms with Crippen LogP contribution in [0.3, 0.4) is 0 Å². The minimum Gasteiger partial charge on any atom is -0.395 e. The van der Waals surface area contributed by atoms with Crippen LogP contribution in [0.4, 0.5) is 5.69 Å². The standard InChI is InChI=1S/C25H26N4O2/c1-28(14-15-30)22-11-8-20(9-12-22)16-21(18-26)17-23-25(31)29(2)24(27-23)13-10-19-6-4-3-5-7-19/h3-13,16,23,30H,14-15,17H2,1-2H3/b13-10+,21-16-. The Hall–Kier alpha value is -3.69. The van der Waals surface area contributed by atoms with Crippen molar-refractivity contribution in [3.05, 3.63) is 77.4 Å². The second-order valence-corrected chi connectivity index (χ2v) is 7.37. The summed E-state index contributed by atoms with van der Waals surface area (Å²) < 4.78 is 0. The predicted molar refractivity (Wildman–Crippen MR) is 124 cm³/mol. The van der Waals surface area contributed by atoms with Crippen molar-refractivity contribution in [1.82, 2.24) is 4.90 Å². The summed E-state index contributed by atoms with van der Waals surface area (Å²) in [5, 5.41) is 18.6. The number of anilines is 1. The van der Waals surface area contributed by atoms with E-state index in [0.717, 1.165) is 16.8 Å². The van der Waals surface area contributed by atoms with Gasteiger partial charge in [0.25, 0.3) is 5.91 Å². The molecule has 6 heteroatoms. The average Bonchev–Trinajstić information content (AvgIpc) is 3.06. The highest BCUT2D eigenvalue weighted by atomic mass is 16.3. The highest BCUT2D eigenvalue weighted by Gasteiger charge is 2.31. The van der Waals surface area contributed by atoms with Gasteiger partial charge in [-0.05, 0) is 35.4 Å². The van der Waals surface area contributed by atoms with Crippen molar-refractivity contribution in [2.45, 2.75) is 12.5 Å². The Balaban J connectivity index is 1.72. The van der Waals surface area contributed by atoms with Crippen molar-refractivity contribution in [2.24, 2.45) is 4.99 Å². The van der Waals surface area contributed by atoms with E-state index in [-0.39, 0.29) is 18.9 Å². The molecule has 2 aromatic carbocycles. The molecule has 0 aliphatic carbocycles. The third-order valence-electron chi connectivity index (χ3n) is 5.14. The van der Waals surface area contributed by atoms with Crippen LogP contribution in [-0.2, 0) is 4.79 Å². The van der Waals surface area contributed by atoms with Gasteiger partial charge in [-0.2, -0.15) is 5.26 Å². The van der Waals surface area contributed by atoms with Crippen LogP contribution in [0.1, 0.15) is 17.5 Å². The number of hydrogen-bond donors (Lipinski definition) is 1. The van der Waals surface area contributed by atoms with Crippen LogP contribution >= 0.6 is 0 Å². The van der Waals surface area contributed by atoms with Crippen molar-refractivity contribution in [1.29, 1.82) is 5.26 Å². The maximum absolute atomic E-state index is 12.6. The minimum absolute atomic E-state index is 0.0869. The first kappa shape index (κ1) is 22.0. The highest BCUT2D eigenvalue weighted by Crippen LogP contribution is 2.21. The van der Waals surface area contributed by atoms with Crippen molar-refractivity contribution in [2.75, 3.05) is 32.1 Å². The van der Waals surface area contributed by atoms with E-state index >= 15 is 0 Å². The largest absolute Gasteiger partial charge is 0.395 e. The number of likely N-dealkylation sites (N-methyl/N-ethyl adjacent to an activating group) is 2. The summed E-state index contributed by atoms with van der Waals surface area (Å²) in [6, 6.07) is 19.1. The molecule has 1 aliphatic rings. The van der Waals surface area contributed by atoms with Gasteiger partial charge in [0.1, 0.15) is 11.9 Å². The molecule has 0 aromatic heterocycles. The molecule has 1 N–H and O–H groups in total. The van der Waals surface area contributed by atoms with E-state index in [1.54, 1.807) is 13.1 Å². The summed E-state index contributed by atoms with van der Waals surface area (Å²) in [7, 11) is 3.61. The second-order valence-electron chi connectivity index (χ2n) is 7.37. The molecule has 1 aliphatic heterocycles. The Morgan fingerprint density at radius 3 is 2.52 bits per heavy atom. The molecular weight excluding hydrogens is 388 g/mol. The molecule has 1 unspecified atom stereocenters. The van der Waals surface area contributed by atoms with Gasteiger partial charge in [0, 0.05) is 38.3 Å². The van der Waals surface area contributed by atoms with Crippen molar-refractivity contribution >= 4 is 29.6 Å². The zero-order valence-electron chi connectivity index (χ0n) is 17.8. The third kappa shape index (κ3) is 5.68. The molecule has 0 bridgehead atoms. The molecule has 1 amide bonds. The number of carbonyl (C=O) groups is 1. The molecule has 0 radical (unpaired) electrons. The molecule has 0 saturated heterocycles. The lowest BCUT2D eigenvalue weighted by Gasteiger charge is -2.17. The summed E-state index contributed by atoms with van der Waals surface area (Å²) in [6.45, 7) is 0.638. The molecular formula is C25H26N4O2. The lowest BCUT2D eigenvalue weighted by molar-refractivity contribution is -0.126. The molecule has 3 rings (SSSR count). The quantitative estimate of drug-likeness (QED) is 0.672. The predicted octanol–water partition coefficient (Wildman–Crippen LogP) is 3.36. The van der Waals surface area contributed by atoms with Gasteiger partial charge in [-0.1, -0.05) is 48.5 Å². The average molecular weight is 415 g/mol. The Morgan fingerprint density at radius 2 is 1.87 bits per heavy atom. The number of amidine groups is 1. The number of rotatable bonds is 8. The fourth-order valence-corrected chi connectivity index (χ4v) is 3.31. The van der Waals surface area contributed by atoms with E-state index in [9.17, 15) is 10.1 Å². The second kappa shape index (κ2) is 10.4. The van der Waals surface area contributed by atoms with E-state index in [0.29, 0.717) is 18.0 Å². The first-order chi connectivity index (χ1) is 15.0. The summed E-state index contributed by atoms with van der Waals surface area (Å²) in [6.07, 6.45) is 5.79. The SMILES string of the molecule is CN1C(=O)C(C/C(C#N)=C/c2ccc(N(C)CCO)cc2)N=C1/C=C/c1ccccc1. The minimum atomic E-state index is -0.596. The Bertz CT molecular complexity index is 1030. The van der Waals surface area contributed by atoms with Crippen LogP contribution in [0.15, 0.2) is 71.2 Å². The molecule has 158 valence electrons. The van der Waals surface area contributed by atoms with Crippen molar-refractivity contribution in [3.8, 4) is 6.07 Å². The Morgan fingerprint density at radius 1 is 1.16 bits per heavy atom. The fourth-order valence-electron chi connectivity index (χ4n) is 3.31. The molecule has 1 atom stereocenters. The molecule has 1 heterocycles. The first-order valence-electron chi connectivity index (χ1n) is 10.1. The highest BCUT2D eigenvalue weighted by molar-refractivity contribution is 6.12. The number of benzene rings is 2. The maximum atomic E-state index is 12.6. The number of aliphatic imine (C=N–C) groups is 1. The zero-order chi connectivity index (χ0) is 22.2. The number of amides is 1. The monoisotopic (exact) mass is 414 g/mol. The van der Waals surface area contributed by atoms with Gasteiger partial charge < -0.3 is 10.0 Å². The normalized spacial score (nSPS) is 16.5. The maximum Gasteiger partial charge on any atom is 0.253 e. The molecule has 0 spiro atoms. The molecule has 6 nitrogen and oxygen atoms in total. The summed E-state index contributed by atoms with van der Waals surface area (Å²) >= 11 is 0. The van der Waals surface area contributed by atoms with Gasteiger partial charge in [0.2, 0.25) is 0 Å². The Labute approximate surface area is 183 Å². The Kier molecular flexibility index (Phi) is 7.36. The summed E-state index contributed by atoms with van der Waals surface area (Å²) in [5.74, 6) is 0.474. The van der Waals surface area contributed by atoms with E-state index < -0.39 is 6.04 Å². The molecule has 0 fully saturated rings. The smallest absolute Gasteiger partial charge is 0.253 e. The van der Waals surface area contributed by atoms with E-state index in [1.165, 1.54) is 4.90 Å². The van der Waals surface area contributed by atoms with Crippen LogP contribution in [0.5, 0.6) is 0 Å². The third-order valence-corrected chi connectivity index (χ3v) is 5.14. The van der Waals surface area contributed by atoms with Gasteiger partial charge in [-0.25, -0.2) is 0 Å². The number of aliphatic hydroxyl groups is 1. The number of nitrogens with zero attached hydrogens (tertiary/aromatic N) is 4. The van der Waals surface area contributed by atoms with Gasteiger partial charge in [-0.15, -0.1) is 0 Å². The van der Waals surface area contributed by atoms with Crippen LogP contribution in [0.25, 0.3) is 12.2 Å². The van der Waals surface area contributed by atoms with Crippen molar-refractivity contribution < 1.29 is 9.90 Å². The van der Waals surface area contributed by atoms with Gasteiger partial charge in [0.05, 0.1) is 12.7 Å². The van der Waals surface area contributed by atoms with Crippen LogP contribution in [0, 0.1) is 11.3 Å². The van der Waals surface area contributed by atoms with E-state index in [2.05, 4.69) is 11.1 Å². The topological polar surface area (TPSA) is 79.9 Å². The van der Waals surface area contributed by atoms with Gasteiger partial charge in [-0.3, -0.25) is 14.7 Å². The number of nitriles is 1. The fraction of sp³-hybridized carbons (Fsp3) is 0.240. The van der Waals surface area contributed by atoms with Gasteiger partial charge >= 0.3 is 0 Å². The number of carbonyl (C=O) groups excluding carboxylic acids is 1. The van der Waals surface area contributed by atoms with Crippen molar-refractivity contribution in [3.63, 3.8) is 0 Å². The zero-order valence-corrected chi connectivity index (χ0v) is 17.8. The van der Waals surface area contributed by atoms with E-state index in [1.807, 2.05) is 78.7 Å². The lowest BCUT2D eigenvalue weighted by Crippen LogP contribution is -2.30. The first-order valence-corrected chi connectivity index (χ1v) is 10.1. The molecule has 31 heavy (non-hydrogen) atoms. The van der Waals surface area contributed by atoms with Gasteiger partial charge in [0.15, 0.2) is 0 Å². The summed E-state index contributed by atoms with van der Waals surface area (Å²) in [5.41, 5.74) is 3.39. The summed E-state index contributed by atoms with van der Waals surface area (Å²) in [4.78, 5) is 20.6. The lowest BCUT2D eigenvalue weighted by atomic mass is 10.0. The molecule has 2 aromatic rings. The van der Waals surface area contributed by atoms with Crippen LogP contribution in [-0.4, -0.2) is 55.0 Å². The van der Waals surface area contributed by atoms with Crippen LogP contribution < -0.4 is 4.90 Å².